The zero-order valence-electron chi connectivity index (χ0n) is 21.7. The third-order valence-electron chi connectivity index (χ3n) is 5.80. The molecular weight excluding hydrogens is 507 g/mol. The van der Waals surface area contributed by atoms with Crippen LogP contribution in [0.1, 0.15) is 31.4 Å². The lowest BCUT2D eigenvalue weighted by atomic mass is 10.0. The van der Waals surface area contributed by atoms with Crippen LogP contribution >= 0.6 is 11.6 Å². The van der Waals surface area contributed by atoms with Crippen molar-refractivity contribution in [2.24, 2.45) is 0 Å². The fourth-order valence-corrected chi connectivity index (χ4v) is 4.04. The largest absolute Gasteiger partial charge is 0.482 e. The quantitative estimate of drug-likeness (QED) is 0.277. The molecule has 2 amide bonds. The summed E-state index contributed by atoms with van der Waals surface area (Å²) in [5.74, 6) is -0.686. The number of rotatable bonds is 14. The van der Waals surface area contributed by atoms with Gasteiger partial charge in [-0.25, -0.2) is 4.39 Å². The van der Waals surface area contributed by atoms with Crippen molar-refractivity contribution < 1.29 is 23.5 Å². The zero-order chi connectivity index (χ0) is 27.3. The molecule has 0 spiro atoms. The first-order chi connectivity index (χ1) is 18.3. The van der Waals surface area contributed by atoms with Crippen molar-refractivity contribution >= 4 is 23.4 Å². The highest BCUT2D eigenvalue weighted by atomic mass is 35.5. The Balaban J connectivity index is 1.83. The molecule has 3 rings (SSSR count). The Morgan fingerprint density at radius 3 is 2.32 bits per heavy atom. The van der Waals surface area contributed by atoms with Gasteiger partial charge in [-0.3, -0.25) is 9.59 Å². The third kappa shape index (κ3) is 9.47. The summed E-state index contributed by atoms with van der Waals surface area (Å²) in [6, 6.07) is 21.4. The monoisotopic (exact) mass is 540 g/mol. The van der Waals surface area contributed by atoms with Gasteiger partial charge in [0.05, 0.1) is 11.1 Å². The molecular formula is C30H34ClFN2O4. The van der Waals surface area contributed by atoms with Crippen molar-refractivity contribution in [1.82, 2.24) is 10.2 Å². The van der Waals surface area contributed by atoms with E-state index < -0.39 is 11.9 Å². The van der Waals surface area contributed by atoms with Crippen LogP contribution in [0.4, 0.5) is 4.39 Å². The van der Waals surface area contributed by atoms with Gasteiger partial charge in [-0.05, 0) is 55.7 Å². The van der Waals surface area contributed by atoms with Crippen molar-refractivity contribution in [3.05, 3.63) is 101 Å². The second kappa shape index (κ2) is 15.1. The highest BCUT2D eigenvalue weighted by Crippen LogP contribution is 2.23. The number of amides is 2. The van der Waals surface area contributed by atoms with E-state index in [1.54, 1.807) is 36.4 Å². The maximum atomic E-state index is 13.6. The molecule has 0 aliphatic heterocycles. The van der Waals surface area contributed by atoms with Gasteiger partial charge in [-0.1, -0.05) is 66.2 Å². The number of carbonyl (C=O) groups is 2. The Kier molecular flexibility index (Phi) is 11.6. The van der Waals surface area contributed by atoms with E-state index in [9.17, 15) is 14.0 Å². The van der Waals surface area contributed by atoms with Crippen LogP contribution < -0.4 is 10.1 Å². The van der Waals surface area contributed by atoms with E-state index in [1.807, 2.05) is 44.2 Å². The minimum Gasteiger partial charge on any atom is -0.482 e. The number of halogens is 2. The lowest BCUT2D eigenvalue weighted by molar-refractivity contribution is -0.142. The van der Waals surface area contributed by atoms with E-state index in [0.29, 0.717) is 42.3 Å². The summed E-state index contributed by atoms with van der Waals surface area (Å²) in [6.07, 6.45) is 1.05. The van der Waals surface area contributed by atoms with E-state index >= 15 is 0 Å². The van der Waals surface area contributed by atoms with Crippen molar-refractivity contribution in [3.63, 3.8) is 0 Å². The Morgan fingerprint density at radius 1 is 0.947 bits per heavy atom. The average molecular weight is 541 g/mol. The van der Waals surface area contributed by atoms with Gasteiger partial charge in [0, 0.05) is 26.1 Å². The van der Waals surface area contributed by atoms with Crippen molar-refractivity contribution in [1.29, 1.82) is 0 Å². The molecule has 0 aliphatic rings. The van der Waals surface area contributed by atoms with Gasteiger partial charge < -0.3 is 19.7 Å². The molecule has 0 aliphatic carbocycles. The molecule has 38 heavy (non-hydrogen) atoms. The molecule has 0 saturated carbocycles. The number of ether oxygens (including phenoxy) is 2. The number of nitrogens with zero attached hydrogens (tertiary/aromatic N) is 1. The molecule has 1 N–H and O–H groups in total. The second-order valence-electron chi connectivity index (χ2n) is 9.14. The molecule has 1 atom stereocenters. The van der Waals surface area contributed by atoms with Crippen LogP contribution in [-0.4, -0.2) is 48.6 Å². The normalized spacial score (nSPS) is 11.7. The average Bonchev–Trinajstić information content (AvgIpc) is 2.91. The van der Waals surface area contributed by atoms with Gasteiger partial charge >= 0.3 is 0 Å². The summed E-state index contributed by atoms with van der Waals surface area (Å²) >= 11 is 6.19. The molecule has 6 nitrogen and oxygen atoms in total. The number of hydrogen-bond donors (Lipinski definition) is 1. The van der Waals surface area contributed by atoms with Crippen molar-refractivity contribution in [2.45, 2.75) is 45.4 Å². The maximum absolute atomic E-state index is 13.6. The Labute approximate surface area is 228 Å². The first-order valence-electron chi connectivity index (χ1n) is 12.7. The molecule has 0 aromatic heterocycles. The summed E-state index contributed by atoms with van der Waals surface area (Å²) in [6.45, 7) is 4.63. The summed E-state index contributed by atoms with van der Waals surface area (Å²) in [4.78, 5) is 28.5. The lowest BCUT2D eigenvalue weighted by Crippen LogP contribution is -2.52. The SMILES string of the molecule is CC(C)OCCCNC(=O)[C@@H](Cc1ccccc1)N(Cc1ccc(F)cc1)C(=O)COc1ccccc1Cl. The van der Waals surface area contributed by atoms with Crippen LogP contribution in [0.3, 0.4) is 0 Å². The Morgan fingerprint density at radius 2 is 1.63 bits per heavy atom. The van der Waals surface area contributed by atoms with Gasteiger partial charge in [-0.2, -0.15) is 0 Å². The first kappa shape index (κ1) is 29.1. The molecule has 0 fully saturated rings. The van der Waals surface area contributed by atoms with Gasteiger partial charge in [-0.15, -0.1) is 0 Å². The van der Waals surface area contributed by atoms with Crippen LogP contribution in [0.5, 0.6) is 5.75 Å². The van der Waals surface area contributed by atoms with E-state index in [-0.39, 0.29) is 31.0 Å². The first-order valence-corrected chi connectivity index (χ1v) is 13.1. The predicted molar refractivity (Wildman–Crippen MR) is 147 cm³/mol. The molecule has 0 saturated heterocycles. The fraction of sp³-hybridized carbons (Fsp3) is 0.333. The summed E-state index contributed by atoms with van der Waals surface area (Å²) in [7, 11) is 0. The number of hydrogen-bond acceptors (Lipinski definition) is 4. The molecule has 3 aromatic rings. The van der Waals surface area contributed by atoms with Gasteiger partial charge in [0.1, 0.15) is 17.6 Å². The van der Waals surface area contributed by atoms with Crippen LogP contribution in [0.2, 0.25) is 5.02 Å². The highest BCUT2D eigenvalue weighted by Gasteiger charge is 2.30. The third-order valence-corrected chi connectivity index (χ3v) is 6.11. The Hall–Kier alpha value is -3.42. The lowest BCUT2D eigenvalue weighted by Gasteiger charge is -2.31. The minimum atomic E-state index is -0.823. The van der Waals surface area contributed by atoms with Crippen LogP contribution in [0, 0.1) is 5.82 Å². The molecule has 3 aromatic carbocycles. The van der Waals surface area contributed by atoms with E-state index in [1.165, 1.54) is 17.0 Å². The van der Waals surface area contributed by atoms with E-state index in [0.717, 1.165) is 5.56 Å². The van der Waals surface area contributed by atoms with E-state index in [4.69, 9.17) is 21.1 Å². The molecule has 8 heteroatoms. The second-order valence-corrected chi connectivity index (χ2v) is 9.54. The van der Waals surface area contributed by atoms with Gasteiger partial charge in [0.15, 0.2) is 6.61 Å². The molecule has 202 valence electrons. The maximum Gasteiger partial charge on any atom is 0.261 e. The minimum absolute atomic E-state index is 0.104. The van der Waals surface area contributed by atoms with E-state index in [2.05, 4.69) is 5.32 Å². The number of benzene rings is 3. The topological polar surface area (TPSA) is 67.9 Å². The van der Waals surface area contributed by atoms with Crippen molar-refractivity contribution in [3.8, 4) is 5.75 Å². The number of para-hydroxylation sites is 1. The zero-order valence-corrected chi connectivity index (χ0v) is 22.5. The van der Waals surface area contributed by atoms with Gasteiger partial charge in [0.2, 0.25) is 5.91 Å². The fourth-order valence-electron chi connectivity index (χ4n) is 3.85. The van der Waals surface area contributed by atoms with Crippen molar-refractivity contribution in [2.75, 3.05) is 19.8 Å². The van der Waals surface area contributed by atoms with Crippen LogP contribution in [0.15, 0.2) is 78.9 Å². The summed E-state index contributed by atoms with van der Waals surface area (Å²) < 4.78 is 24.9. The molecule has 0 unspecified atom stereocenters. The molecule has 0 heterocycles. The number of nitrogens with one attached hydrogen (secondary N) is 1. The van der Waals surface area contributed by atoms with Crippen LogP contribution in [0.25, 0.3) is 0 Å². The smallest absolute Gasteiger partial charge is 0.261 e. The molecule has 0 radical (unpaired) electrons. The summed E-state index contributed by atoms with van der Waals surface area (Å²) in [5.41, 5.74) is 1.59. The highest BCUT2D eigenvalue weighted by molar-refractivity contribution is 6.32. The predicted octanol–water partition coefficient (Wildman–Crippen LogP) is 5.43. The number of carbonyl (C=O) groups excluding carboxylic acids is 2. The van der Waals surface area contributed by atoms with Crippen LogP contribution in [-0.2, 0) is 27.3 Å². The summed E-state index contributed by atoms with van der Waals surface area (Å²) in [5, 5.41) is 3.34. The Bertz CT molecular complexity index is 1160. The standard InChI is InChI=1S/C30H34ClFN2O4/c1-22(2)37-18-8-17-33-30(36)27(19-23-9-4-3-5-10-23)34(20-24-13-15-25(32)16-14-24)29(35)21-38-28-12-7-6-11-26(28)31/h3-7,9-16,22,27H,8,17-21H2,1-2H3,(H,33,36)/t27-/m1/s1. The molecule has 0 bridgehead atoms. The van der Waals surface area contributed by atoms with Gasteiger partial charge in [0.25, 0.3) is 5.91 Å².